The summed E-state index contributed by atoms with van der Waals surface area (Å²) in [6.45, 7) is 1.97. The molecule has 0 aliphatic rings. The van der Waals surface area contributed by atoms with Crippen LogP contribution < -0.4 is 0 Å². The van der Waals surface area contributed by atoms with Gasteiger partial charge in [-0.05, 0) is 24.9 Å². The molecule has 1 heterocycles. The molecule has 2 nitrogen and oxygen atoms in total. The second-order valence-corrected chi connectivity index (χ2v) is 1.89. The molecule has 0 aliphatic carbocycles. The highest BCUT2D eigenvalue weighted by atomic mass is 14.7. The average molecular weight is 120 g/mol. The Morgan fingerprint density at radius 3 is 2.89 bits per heavy atom. The minimum atomic E-state index is 0.933. The first kappa shape index (κ1) is 5.86. The van der Waals surface area contributed by atoms with Crippen LogP contribution in [0.15, 0.2) is 12.1 Å². The van der Waals surface area contributed by atoms with Gasteiger partial charge in [0.05, 0.1) is 0 Å². The predicted octanol–water partition coefficient (Wildman–Crippen LogP) is 1.58. The number of H-pyrrole nitrogens is 1. The molecule has 0 spiro atoms. The lowest BCUT2D eigenvalue weighted by Gasteiger charge is -1.79. The van der Waals surface area contributed by atoms with Gasteiger partial charge in [0.15, 0.2) is 0 Å². The number of nitrogens with one attached hydrogen (secondary N) is 2. The molecule has 0 aromatic carbocycles. The van der Waals surface area contributed by atoms with Crippen molar-refractivity contribution in [3.05, 3.63) is 23.5 Å². The maximum absolute atomic E-state index is 6.62. The molecule has 0 atom stereocenters. The van der Waals surface area contributed by atoms with E-state index in [4.69, 9.17) is 5.41 Å². The smallest absolute Gasteiger partial charge is 0.0476 e. The van der Waals surface area contributed by atoms with Crippen LogP contribution in [0.1, 0.15) is 11.4 Å². The van der Waals surface area contributed by atoms with Gasteiger partial charge in [-0.1, -0.05) is 0 Å². The van der Waals surface area contributed by atoms with Crippen molar-refractivity contribution in [2.24, 2.45) is 0 Å². The summed E-state index contributed by atoms with van der Waals surface area (Å²) >= 11 is 0. The lowest BCUT2D eigenvalue weighted by atomic mass is 10.4. The molecule has 1 rings (SSSR count). The summed E-state index contributed by atoms with van der Waals surface area (Å²) in [6.07, 6.45) is 1.59. The number of rotatable bonds is 1. The van der Waals surface area contributed by atoms with Crippen LogP contribution in [-0.4, -0.2) is 10.9 Å². The van der Waals surface area contributed by atoms with Crippen LogP contribution in [0.4, 0.5) is 0 Å². The van der Waals surface area contributed by atoms with E-state index >= 15 is 0 Å². The van der Waals surface area contributed by atoms with Gasteiger partial charge < -0.3 is 4.98 Å². The normalized spacial score (nSPS) is 8.56. The number of hydrogen-bond acceptors (Lipinski definition) is 1. The van der Waals surface area contributed by atoms with Gasteiger partial charge in [0, 0.05) is 17.5 Å². The van der Waals surface area contributed by atoms with Crippen molar-refractivity contribution in [2.75, 3.05) is 0 Å². The first-order chi connectivity index (χ1) is 4.33. The molecule has 0 aliphatic heterocycles. The van der Waals surface area contributed by atoms with E-state index in [0.29, 0.717) is 0 Å². The summed E-state index contributed by atoms with van der Waals surface area (Å²) in [7, 11) is 0. The Morgan fingerprint density at radius 1 is 1.67 bits per heavy atom. The molecule has 1 aromatic rings. The monoisotopic (exact) mass is 120 g/mol. The van der Waals surface area contributed by atoms with Crippen molar-refractivity contribution >= 4 is 11.9 Å². The third kappa shape index (κ3) is 1.31. The van der Waals surface area contributed by atoms with Crippen molar-refractivity contribution in [3.63, 3.8) is 0 Å². The molecule has 0 amide bonds. The Kier molecular flexibility index (Phi) is 1.52. The van der Waals surface area contributed by atoms with Gasteiger partial charge in [0.1, 0.15) is 0 Å². The Bertz CT molecular complexity index is 241. The zero-order valence-corrected chi connectivity index (χ0v) is 5.23. The number of hydrogen-bond donors (Lipinski definition) is 2. The van der Waals surface area contributed by atoms with Gasteiger partial charge in [-0.25, -0.2) is 0 Å². The van der Waals surface area contributed by atoms with Crippen LogP contribution in [0, 0.1) is 12.3 Å². The molecule has 0 radical (unpaired) electrons. The standard InChI is InChI=1S/C7H8N2/c1-6-2-3-7(9-6)4-5-8/h2-4,8-9H,1H3. The summed E-state index contributed by atoms with van der Waals surface area (Å²) in [6, 6.07) is 3.88. The number of aromatic amines is 1. The van der Waals surface area contributed by atoms with Crippen molar-refractivity contribution in [1.29, 1.82) is 5.41 Å². The van der Waals surface area contributed by atoms with E-state index in [2.05, 4.69) is 10.9 Å². The third-order valence-electron chi connectivity index (χ3n) is 1.08. The largest absolute Gasteiger partial charge is 0.359 e. The molecular formula is C7H8N2. The van der Waals surface area contributed by atoms with Crippen LogP contribution in [0.2, 0.25) is 0 Å². The van der Waals surface area contributed by atoms with E-state index in [-0.39, 0.29) is 0 Å². The van der Waals surface area contributed by atoms with Crippen LogP contribution in [-0.2, 0) is 0 Å². The Labute approximate surface area is 53.7 Å². The van der Waals surface area contributed by atoms with E-state index in [9.17, 15) is 0 Å². The van der Waals surface area contributed by atoms with Crippen molar-refractivity contribution in [3.8, 4) is 0 Å². The molecule has 0 saturated heterocycles. The molecule has 0 bridgehead atoms. The third-order valence-corrected chi connectivity index (χ3v) is 1.08. The number of aryl methyl sites for hydroxylation is 1. The maximum atomic E-state index is 6.62. The summed E-state index contributed by atoms with van der Waals surface area (Å²) in [5.41, 5.74) is 2.04. The SMILES string of the molecule is Cc1ccc(C=C=N)[nH]1. The van der Waals surface area contributed by atoms with Crippen molar-refractivity contribution in [1.82, 2.24) is 4.98 Å². The lowest BCUT2D eigenvalue weighted by Crippen LogP contribution is -1.70. The lowest BCUT2D eigenvalue weighted by molar-refractivity contribution is 1.25. The van der Waals surface area contributed by atoms with E-state index in [0.717, 1.165) is 11.4 Å². The molecule has 46 valence electrons. The van der Waals surface area contributed by atoms with E-state index in [1.54, 1.807) is 6.08 Å². The highest BCUT2D eigenvalue weighted by Gasteiger charge is 1.86. The molecule has 0 fully saturated rings. The van der Waals surface area contributed by atoms with E-state index in [1.807, 2.05) is 19.1 Å². The average Bonchev–Trinajstić information content (AvgIpc) is 2.17. The van der Waals surface area contributed by atoms with Gasteiger partial charge in [-0.3, -0.25) is 5.41 Å². The quantitative estimate of drug-likeness (QED) is 0.528. The fourth-order valence-electron chi connectivity index (χ4n) is 0.688. The summed E-state index contributed by atoms with van der Waals surface area (Å²) in [5.74, 6) is 2.19. The topological polar surface area (TPSA) is 39.6 Å². The molecule has 1 aromatic heterocycles. The highest BCUT2D eigenvalue weighted by molar-refractivity contribution is 5.74. The van der Waals surface area contributed by atoms with E-state index in [1.165, 1.54) is 0 Å². The van der Waals surface area contributed by atoms with E-state index < -0.39 is 0 Å². The number of aromatic nitrogens is 1. The minimum absolute atomic E-state index is 0.933. The second kappa shape index (κ2) is 2.33. The second-order valence-electron chi connectivity index (χ2n) is 1.89. The molecular weight excluding hydrogens is 112 g/mol. The van der Waals surface area contributed by atoms with Crippen LogP contribution in [0.3, 0.4) is 0 Å². The Morgan fingerprint density at radius 2 is 2.44 bits per heavy atom. The Hall–Kier alpha value is -1.27. The van der Waals surface area contributed by atoms with Gasteiger partial charge in [-0.2, -0.15) is 0 Å². The zero-order valence-electron chi connectivity index (χ0n) is 5.23. The summed E-state index contributed by atoms with van der Waals surface area (Å²) < 4.78 is 0. The fourth-order valence-corrected chi connectivity index (χ4v) is 0.688. The van der Waals surface area contributed by atoms with Gasteiger partial charge >= 0.3 is 0 Å². The Balaban J connectivity index is 2.97. The van der Waals surface area contributed by atoms with Crippen molar-refractivity contribution in [2.45, 2.75) is 6.92 Å². The predicted molar refractivity (Wildman–Crippen MR) is 37.7 cm³/mol. The minimum Gasteiger partial charge on any atom is -0.359 e. The molecule has 2 N–H and O–H groups in total. The highest BCUT2D eigenvalue weighted by Crippen LogP contribution is 1.99. The maximum Gasteiger partial charge on any atom is 0.0476 e. The molecule has 9 heavy (non-hydrogen) atoms. The van der Waals surface area contributed by atoms with Gasteiger partial charge in [0.2, 0.25) is 0 Å². The first-order valence-corrected chi connectivity index (χ1v) is 2.74. The van der Waals surface area contributed by atoms with Crippen LogP contribution in [0.5, 0.6) is 0 Å². The first-order valence-electron chi connectivity index (χ1n) is 2.74. The molecule has 0 unspecified atom stereocenters. The molecule has 0 saturated carbocycles. The van der Waals surface area contributed by atoms with Crippen LogP contribution >= 0.6 is 0 Å². The summed E-state index contributed by atoms with van der Waals surface area (Å²) in [5, 5.41) is 6.62. The molecule has 2 heteroatoms. The summed E-state index contributed by atoms with van der Waals surface area (Å²) in [4.78, 5) is 3.04. The fraction of sp³-hybridized carbons (Fsp3) is 0.143. The van der Waals surface area contributed by atoms with Gasteiger partial charge in [-0.15, -0.1) is 0 Å². The zero-order chi connectivity index (χ0) is 6.69. The van der Waals surface area contributed by atoms with Crippen molar-refractivity contribution < 1.29 is 0 Å². The van der Waals surface area contributed by atoms with Crippen LogP contribution in [0.25, 0.3) is 6.08 Å². The van der Waals surface area contributed by atoms with Gasteiger partial charge in [0.25, 0.3) is 0 Å².